The standard InChI is InChI=1S/C48H30N2O/c1-3-15-32(16-4-1)43-30-44(50-48(49-43)33-17-5-2-6-18-33)40-26-13-27-45-46(40)42-29-41(38-23-9-10-24-39(38)47(42)51-45)35-21-11-20-34(28-35)37-25-12-19-31-14-7-8-22-36(31)37/h1-30H. The molecule has 0 spiro atoms. The summed E-state index contributed by atoms with van der Waals surface area (Å²) in [6.45, 7) is 0. The smallest absolute Gasteiger partial charge is 0.160 e. The first kappa shape index (κ1) is 29.1. The van der Waals surface area contributed by atoms with Crippen molar-refractivity contribution in [3.63, 3.8) is 0 Å². The summed E-state index contributed by atoms with van der Waals surface area (Å²) >= 11 is 0. The molecule has 10 aromatic rings. The maximum atomic E-state index is 6.75. The van der Waals surface area contributed by atoms with Gasteiger partial charge >= 0.3 is 0 Å². The molecule has 0 aliphatic carbocycles. The molecule has 0 N–H and O–H groups in total. The predicted octanol–water partition coefficient (Wildman–Crippen LogP) is 13.0. The number of rotatable bonds is 5. The van der Waals surface area contributed by atoms with Crippen molar-refractivity contribution in [1.29, 1.82) is 0 Å². The fraction of sp³-hybridized carbons (Fsp3) is 0. The summed E-state index contributed by atoms with van der Waals surface area (Å²) in [5, 5.41) is 6.82. The van der Waals surface area contributed by atoms with Crippen LogP contribution in [-0.2, 0) is 0 Å². The van der Waals surface area contributed by atoms with Crippen LogP contribution in [0.3, 0.4) is 0 Å². The van der Waals surface area contributed by atoms with Crippen molar-refractivity contribution in [2.75, 3.05) is 0 Å². The Morgan fingerprint density at radius 1 is 0.353 bits per heavy atom. The molecule has 3 nitrogen and oxygen atoms in total. The van der Waals surface area contributed by atoms with Crippen molar-refractivity contribution >= 4 is 43.5 Å². The monoisotopic (exact) mass is 650 g/mol. The summed E-state index contributed by atoms with van der Waals surface area (Å²) in [6, 6.07) is 63.8. The van der Waals surface area contributed by atoms with E-state index in [2.05, 4.69) is 146 Å². The van der Waals surface area contributed by atoms with E-state index in [0.29, 0.717) is 5.82 Å². The fourth-order valence-corrected chi connectivity index (χ4v) is 7.49. The van der Waals surface area contributed by atoms with Crippen LogP contribution in [0.15, 0.2) is 186 Å². The Morgan fingerprint density at radius 3 is 1.76 bits per heavy atom. The zero-order chi connectivity index (χ0) is 33.7. The van der Waals surface area contributed by atoms with Gasteiger partial charge < -0.3 is 4.42 Å². The van der Waals surface area contributed by atoms with E-state index >= 15 is 0 Å². The number of hydrogen-bond donors (Lipinski definition) is 0. The third-order valence-corrected chi connectivity index (χ3v) is 9.88. The van der Waals surface area contributed by atoms with Gasteiger partial charge in [0, 0.05) is 32.8 Å². The van der Waals surface area contributed by atoms with Crippen molar-refractivity contribution in [3.05, 3.63) is 182 Å². The van der Waals surface area contributed by atoms with Crippen LogP contribution in [0, 0.1) is 0 Å². The van der Waals surface area contributed by atoms with Gasteiger partial charge in [0.15, 0.2) is 5.82 Å². The minimum absolute atomic E-state index is 0.688. The Hall–Kier alpha value is -6.84. The van der Waals surface area contributed by atoms with Crippen LogP contribution < -0.4 is 0 Å². The topological polar surface area (TPSA) is 38.9 Å². The molecule has 0 amide bonds. The largest absolute Gasteiger partial charge is 0.455 e. The molecule has 2 aromatic heterocycles. The van der Waals surface area contributed by atoms with Crippen LogP contribution in [0.5, 0.6) is 0 Å². The summed E-state index contributed by atoms with van der Waals surface area (Å²) in [6.07, 6.45) is 0. The van der Waals surface area contributed by atoms with Crippen LogP contribution in [0.2, 0.25) is 0 Å². The molecule has 0 radical (unpaired) electrons. The Morgan fingerprint density at radius 2 is 0.941 bits per heavy atom. The second kappa shape index (κ2) is 11.9. The first-order valence-electron chi connectivity index (χ1n) is 17.2. The molecule has 51 heavy (non-hydrogen) atoms. The normalized spacial score (nSPS) is 11.5. The molecule has 0 atom stereocenters. The summed E-state index contributed by atoms with van der Waals surface area (Å²) in [5.41, 5.74) is 11.2. The van der Waals surface area contributed by atoms with Gasteiger partial charge in [-0.1, -0.05) is 158 Å². The molecule has 238 valence electrons. The molecular weight excluding hydrogens is 621 g/mol. The maximum Gasteiger partial charge on any atom is 0.160 e. The zero-order valence-electron chi connectivity index (χ0n) is 27.6. The van der Waals surface area contributed by atoms with Gasteiger partial charge in [-0.25, -0.2) is 9.97 Å². The van der Waals surface area contributed by atoms with E-state index in [9.17, 15) is 0 Å². The number of benzene rings is 8. The molecule has 0 aliphatic rings. The lowest BCUT2D eigenvalue weighted by Gasteiger charge is -2.12. The second-order valence-electron chi connectivity index (χ2n) is 12.9. The second-order valence-corrected chi connectivity index (χ2v) is 12.9. The molecule has 0 bridgehead atoms. The Balaban J connectivity index is 1.22. The highest BCUT2D eigenvalue weighted by molar-refractivity contribution is 6.22. The third kappa shape index (κ3) is 4.98. The molecule has 0 saturated heterocycles. The van der Waals surface area contributed by atoms with E-state index in [1.165, 1.54) is 21.9 Å². The summed E-state index contributed by atoms with van der Waals surface area (Å²) < 4.78 is 6.75. The molecule has 0 aliphatic heterocycles. The average molecular weight is 651 g/mol. The first-order valence-corrected chi connectivity index (χ1v) is 17.2. The summed E-state index contributed by atoms with van der Waals surface area (Å²) in [4.78, 5) is 10.2. The van der Waals surface area contributed by atoms with Crippen molar-refractivity contribution in [2.24, 2.45) is 0 Å². The SMILES string of the molecule is c1ccc(-c2cc(-c3cccc4oc5c6ccccc6c(-c6cccc(-c7cccc8ccccc78)c6)cc5c34)nc(-c3ccccc3)n2)cc1. The van der Waals surface area contributed by atoms with Crippen LogP contribution in [-0.4, -0.2) is 9.97 Å². The molecule has 10 rings (SSSR count). The van der Waals surface area contributed by atoms with Gasteiger partial charge in [0.25, 0.3) is 0 Å². The predicted molar refractivity (Wildman–Crippen MR) is 212 cm³/mol. The molecule has 8 aromatic carbocycles. The van der Waals surface area contributed by atoms with Gasteiger partial charge in [-0.2, -0.15) is 0 Å². The number of hydrogen-bond acceptors (Lipinski definition) is 3. The van der Waals surface area contributed by atoms with Crippen molar-refractivity contribution in [3.8, 4) is 56.2 Å². The Kier molecular flexibility index (Phi) is 6.81. The van der Waals surface area contributed by atoms with Gasteiger partial charge in [0.2, 0.25) is 0 Å². The van der Waals surface area contributed by atoms with E-state index in [0.717, 1.165) is 71.9 Å². The van der Waals surface area contributed by atoms with Crippen molar-refractivity contribution < 1.29 is 4.42 Å². The molecule has 3 heteroatoms. The lowest BCUT2D eigenvalue weighted by Crippen LogP contribution is -1.96. The number of aromatic nitrogens is 2. The summed E-state index contributed by atoms with van der Waals surface area (Å²) in [5.74, 6) is 0.688. The average Bonchev–Trinajstić information content (AvgIpc) is 3.60. The van der Waals surface area contributed by atoms with E-state index in [1.807, 2.05) is 36.4 Å². The highest BCUT2D eigenvalue weighted by Crippen LogP contribution is 2.44. The molecule has 0 saturated carbocycles. The highest BCUT2D eigenvalue weighted by Gasteiger charge is 2.20. The lowest BCUT2D eigenvalue weighted by atomic mass is 9.91. The third-order valence-electron chi connectivity index (χ3n) is 9.88. The van der Waals surface area contributed by atoms with Crippen LogP contribution in [0.25, 0.3) is 99.6 Å². The maximum absolute atomic E-state index is 6.75. The zero-order valence-corrected chi connectivity index (χ0v) is 27.6. The van der Waals surface area contributed by atoms with Gasteiger partial charge in [-0.05, 0) is 62.7 Å². The fourth-order valence-electron chi connectivity index (χ4n) is 7.49. The molecular formula is C48H30N2O. The Labute approximate surface area is 295 Å². The van der Waals surface area contributed by atoms with Crippen LogP contribution >= 0.6 is 0 Å². The van der Waals surface area contributed by atoms with Gasteiger partial charge in [-0.3, -0.25) is 0 Å². The van der Waals surface area contributed by atoms with E-state index in [4.69, 9.17) is 14.4 Å². The highest BCUT2D eigenvalue weighted by atomic mass is 16.3. The first-order chi connectivity index (χ1) is 25.3. The molecule has 2 heterocycles. The number of nitrogens with zero attached hydrogens (tertiary/aromatic N) is 2. The van der Waals surface area contributed by atoms with Crippen LogP contribution in [0.4, 0.5) is 0 Å². The molecule has 0 fully saturated rings. The number of furan rings is 1. The summed E-state index contributed by atoms with van der Waals surface area (Å²) in [7, 11) is 0. The van der Waals surface area contributed by atoms with E-state index in [-0.39, 0.29) is 0 Å². The van der Waals surface area contributed by atoms with E-state index in [1.54, 1.807) is 0 Å². The number of fused-ring (bicyclic) bond motifs is 6. The van der Waals surface area contributed by atoms with Crippen LogP contribution in [0.1, 0.15) is 0 Å². The van der Waals surface area contributed by atoms with Gasteiger partial charge in [0.05, 0.1) is 11.4 Å². The van der Waals surface area contributed by atoms with Gasteiger partial charge in [0.1, 0.15) is 11.2 Å². The van der Waals surface area contributed by atoms with Crippen molar-refractivity contribution in [1.82, 2.24) is 9.97 Å². The Bertz CT molecular complexity index is 2850. The lowest BCUT2D eigenvalue weighted by molar-refractivity contribution is 0.673. The minimum Gasteiger partial charge on any atom is -0.455 e. The van der Waals surface area contributed by atoms with Crippen molar-refractivity contribution in [2.45, 2.75) is 0 Å². The quantitative estimate of drug-likeness (QED) is 0.186. The van der Waals surface area contributed by atoms with Gasteiger partial charge in [-0.15, -0.1) is 0 Å². The molecule has 0 unspecified atom stereocenters. The minimum atomic E-state index is 0.688. The van der Waals surface area contributed by atoms with E-state index < -0.39 is 0 Å².